The van der Waals surface area contributed by atoms with Gasteiger partial charge in [0, 0.05) is 30.8 Å². The van der Waals surface area contributed by atoms with Gasteiger partial charge in [0.25, 0.3) is 0 Å². The summed E-state index contributed by atoms with van der Waals surface area (Å²) in [6.07, 6.45) is 2.69. The summed E-state index contributed by atoms with van der Waals surface area (Å²) in [4.78, 5) is 2.57. The van der Waals surface area contributed by atoms with Gasteiger partial charge in [-0.1, -0.05) is 6.07 Å². The molecular weight excluding hydrogens is 252 g/mol. The molecule has 0 aromatic heterocycles. The van der Waals surface area contributed by atoms with Crippen LogP contribution in [0.1, 0.15) is 18.4 Å². The molecule has 0 saturated carbocycles. The number of rotatable bonds is 5. The summed E-state index contributed by atoms with van der Waals surface area (Å²) in [5.41, 5.74) is 1.20. The van der Waals surface area contributed by atoms with Gasteiger partial charge in [-0.2, -0.15) is 0 Å². The molecule has 1 aromatic carbocycles. The molecule has 1 atom stereocenters. The summed E-state index contributed by atoms with van der Waals surface area (Å²) in [7, 11) is 3.40. The number of benzene rings is 1. The summed E-state index contributed by atoms with van der Waals surface area (Å²) >= 11 is 0. The van der Waals surface area contributed by atoms with Gasteiger partial charge in [-0.05, 0) is 37.9 Å². The van der Waals surface area contributed by atoms with Crippen LogP contribution in [0.15, 0.2) is 18.2 Å². The van der Waals surface area contributed by atoms with Gasteiger partial charge >= 0.3 is 0 Å². The second-order valence-corrected chi connectivity index (χ2v) is 5.80. The van der Waals surface area contributed by atoms with E-state index in [0.717, 1.165) is 24.0 Å². The minimum Gasteiger partial charge on any atom is -0.497 e. The highest BCUT2D eigenvalue weighted by Crippen LogP contribution is 2.29. The number of nitrogens with one attached hydrogen (secondary N) is 1. The quantitative estimate of drug-likeness (QED) is 0.890. The van der Waals surface area contributed by atoms with E-state index in [4.69, 9.17) is 9.47 Å². The topological polar surface area (TPSA) is 33.7 Å². The summed E-state index contributed by atoms with van der Waals surface area (Å²) in [6.45, 7) is 4.63. The maximum absolute atomic E-state index is 5.46. The summed E-state index contributed by atoms with van der Waals surface area (Å²) in [6, 6.07) is 6.67. The molecule has 1 aromatic rings. The van der Waals surface area contributed by atoms with Crippen molar-refractivity contribution in [3.8, 4) is 11.5 Å². The highest BCUT2D eigenvalue weighted by Gasteiger charge is 2.33. The van der Waals surface area contributed by atoms with Crippen LogP contribution in [0.2, 0.25) is 0 Å². The van der Waals surface area contributed by atoms with E-state index >= 15 is 0 Å². The number of hydrogen-bond donors (Lipinski definition) is 1. The van der Waals surface area contributed by atoms with Gasteiger partial charge in [-0.3, -0.25) is 0 Å². The van der Waals surface area contributed by atoms with Crippen LogP contribution in [0.4, 0.5) is 0 Å². The van der Waals surface area contributed by atoms with Gasteiger partial charge in [-0.25, -0.2) is 0 Å². The molecule has 0 spiro atoms. The molecule has 0 radical (unpaired) electrons. The fraction of sp³-hybridized carbons (Fsp3) is 0.625. The Morgan fingerprint density at radius 3 is 2.60 bits per heavy atom. The predicted octanol–water partition coefficient (Wildman–Crippen LogP) is 1.89. The van der Waals surface area contributed by atoms with E-state index in [0.29, 0.717) is 6.04 Å². The van der Waals surface area contributed by atoms with Crippen molar-refractivity contribution in [2.75, 3.05) is 33.9 Å². The van der Waals surface area contributed by atoms with Gasteiger partial charge in [0.05, 0.1) is 14.2 Å². The number of piperidine rings is 3. The molecule has 1 unspecified atom stereocenters. The van der Waals surface area contributed by atoms with Crippen molar-refractivity contribution in [1.82, 2.24) is 10.2 Å². The van der Waals surface area contributed by atoms with Gasteiger partial charge in [0.1, 0.15) is 11.5 Å². The molecule has 3 aliphatic rings. The maximum atomic E-state index is 5.46. The molecule has 3 fully saturated rings. The van der Waals surface area contributed by atoms with Crippen molar-refractivity contribution in [1.29, 1.82) is 0 Å². The lowest BCUT2D eigenvalue weighted by Gasteiger charge is -2.45. The van der Waals surface area contributed by atoms with E-state index in [2.05, 4.69) is 16.3 Å². The van der Waals surface area contributed by atoms with Gasteiger partial charge < -0.3 is 19.7 Å². The minimum atomic E-state index is 0.629. The Morgan fingerprint density at radius 1 is 1.20 bits per heavy atom. The zero-order chi connectivity index (χ0) is 13.9. The molecule has 4 heteroatoms. The first-order chi connectivity index (χ1) is 9.80. The molecule has 3 aliphatic heterocycles. The zero-order valence-electron chi connectivity index (χ0n) is 12.4. The summed E-state index contributed by atoms with van der Waals surface area (Å²) in [5, 5.41) is 3.72. The highest BCUT2D eigenvalue weighted by atomic mass is 16.5. The fourth-order valence-corrected chi connectivity index (χ4v) is 3.44. The second-order valence-electron chi connectivity index (χ2n) is 5.80. The first-order valence-electron chi connectivity index (χ1n) is 7.47. The van der Waals surface area contributed by atoms with Crippen LogP contribution >= 0.6 is 0 Å². The summed E-state index contributed by atoms with van der Waals surface area (Å²) < 4.78 is 10.7. The van der Waals surface area contributed by atoms with Gasteiger partial charge in [-0.15, -0.1) is 0 Å². The molecule has 2 bridgehead atoms. The number of methoxy groups -OCH3 is 2. The van der Waals surface area contributed by atoms with E-state index in [9.17, 15) is 0 Å². The van der Waals surface area contributed by atoms with Crippen LogP contribution in [0, 0.1) is 5.92 Å². The third-order valence-corrected chi connectivity index (χ3v) is 4.71. The molecule has 1 N–H and O–H groups in total. The van der Waals surface area contributed by atoms with Gasteiger partial charge in [0.2, 0.25) is 0 Å². The molecule has 3 heterocycles. The average molecular weight is 276 g/mol. The second kappa shape index (κ2) is 6.02. The smallest absolute Gasteiger partial charge is 0.127 e. The number of ether oxygens (including phenoxy) is 2. The maximum Gasteiger partial charge on any atom is 0.127 e. The van der Waals surface area contributed by atoms with Crippen LogP contribution in [-0.2, 0) is 6.54 Å². The Labute approximate surface area is 121 Å². The van der Waals surface area contributed by atoms with Crippen molar-refractivity contribution in [2.24, 2.45) is 5.92 Å². The lowest BCUT2D eigenvalue weighted by atomic mass is 9.84. The lowest BCUT2D eigenvalue weighted by Crippen LogP contribution is -2.55. The Bertz CT molecular complexity index is 456. The number of nitrogens with zero attached hydrogens (tertiary/aromatic N) is 1. The monoisotopic (exact) mass is 276 g/mol. The van der Waals surface area contributed by atoms with Crippen molar-refractivity contribution >= 4 is 0 Å². The molecule has 0 aliphatic carbocycles. The van der Waals surface area contributed by atoms with E-state index in [1.165, 1.54) is 38.0 Å². The van der Waals surface area contributed by atoms with Crippen molar-refractivity contribution in [3.05, 3.63) is 23.8 Å². The number of fused-ring (bicyclic) bond motifs is 3. The highest BCUT2D eigenvalue weighted by molar-refractivity contribution is 5.40. The first-order valence-corrected chi connectivity index (χ1v) is 7.47. The van der Waals surface area contributed by atoms with E-state index < -0.39 is 0 Å². The Kier molecular flexibility index (Phi) is 4.13. The third-order valence-electron chi connectivity index (χ3n) is 4.71. The molecule has 3 saturated heterocycles. The molecule has 0 amide bonds. The Hall–Kier alpha value is -1.26. The van der Waals surface area contributed by atoms with Crippen LogP contribution < -0.4 is 14.8 Å². The zero-order valence-corrected chi connectivity index (χ0v) is 12.4. The van der Waals surface area contributed by atoms with Crippen molar-refractivity contribution < 1.29 is 9.47 Å². The van der Waals surface area contributed by atoms with Crippen molar-refractivity contribution in [3.63, 3.8) is 0 Å². The molecular formula is C16H24N2O2. The molecule has 20 heavy (non-hydrogen) atoms. The van der Waals surface area contributed by atoms with E-state index in [-0.39, 0.29) is 0 Å². The van der Waals surface area contributed by atoms with Crippen LogP contribution in [0.25, 0.3) is 0 Å². The van der Waals surface area contributed by atoms with E-state index in [1.807, 2.05) is 12.1 Å². The van der Waals surface area contributed by atoms with Gasteiger partial charge in [0.15, 0.2) is 0 Å². The van der Waals surface area contributed by atoms with Crippen LogP contribution in [0.5, 0.6) is 11.5 Å². The fourth-order valence-electron chi connectivity index (χ4n) is 3.44. The average Bonchev–Trinajstić information content (AvgIpc) is 2.54. The SMILES string of the molecule is COc1ccc(CNC2CN3CCC2CC3)c(OC)c1. The first kappa shape index (κ1) is 13.7. The molecule has 4 rings (SSSR count). The lowest BCUT2D eigenvalue weighted by molar-refractivity contribution is 0.0719. The minimum absolute atomic E-state index is 0.629. The largest absolute Gasteiger partial charge is 0.497 e. The standard InChI is InChI=1S/C16H24N2O2/c1-19-14-4-3-13(16(9-14)20-2)10-17-15-11-18-7-5-12(15)6-8-18/h3-4,9,12,15,17H,5-8,10-11H2,1-2H3. The molecule has 110 valence electrons. The Morgan fingerprint density at radius 2 is 2.00 bits per heavy atom. The predicted molar refractivity (Wildman–Crippen MR) is 79.3 cm³/mol. The van der Waals surface area contributed by atoms with Crippen LogP contribution in [-0.4, -0.2) is 44.8 Å². The third kappa shape index (κ3) is 2.76. The summed E-state index contributed by atoms with van der Waals surface area (Å²) in [5.74, 6) is 2.59. The van der Waals surface area contributed by atoms with Crippen molar-refractivity contribution in [2.45, 2.75) is 25.4 Å². The normalized spacial score (nSPS) is 28.4. The van der Waals surface area contributed by atoms with E-state index in [1.54, 1.807) is 14.2 Å². The number of hydrogen-bond acceptors (Lipinski definition) is 4. The van der Waals surface area contributed by atoms with Crippen LogP contribution in [0.3, 0.4) is 0 Å². The molecule has 4 nitrogen and oxygen atoms in total. The Balaban J connectivity index is 1.63.